The van der Waals surface area contributed by atoms with Gasteiger partial charge in [-0.3, -0.25) is 29.0 Å². The van der Waals surface area contributed by atoms with E-state index in [1.807, 2.05) is 0 Å². The second kappa shape index (κ2) is 20.0. The number of nitrogens with zero attached hydrogens (tertiary/aromatic N) is 1. The van der Waals surface area contributed by atoms with Crippen LogP contribution in [0, 0.1) is 0 Å². The van der Waals surface area contributed by atoms with Crippen LogP contribution in [0.15, 0.2) is 4.99 Å². The van der Waals surface area contributed by atoms with Crippen LogP contribution in [0.5, 0.6) is 0 Å². The zero-order valence-electron chi connectivity index (χ0n) is 22.2. The quantitative estimate of drug-likeness (QED) is 0.0407. The van der Waals surface area contributed by atoms with Crippen molar-refractivity contribution in [3.63, 3.8) is 0 Å². The largest absolute Gasteiger partial charge is 0.480 e. The number of carboxylic acid groups (broad SMARTS) is 1. The molecule has 39 heavy (non-hydrogen) atoms. The molecule has 0 spiro atoms. The number of nitrogens with one attached hydrogen (secondary N) is 6. The first-order valence-electron chi connectivity index (χ1n) is 12.3. The summed E-state index contributed by atoms with van der Waals surface area (Å²) >= 11 is 0. The van der Waals surface area contributed by atoms with Gasteiger partial charge in [-0.15, -0.1) is 0 Å². The van der Waals surface area contributed by atoms with E-state index in [0.29, 0.717) is 32.4 Å². The number of hydrogen-bond acceptors (Lipinski definition) is 9. The Morgan fingerprint density at radius 3 is 1.87 bits per heavy atom. The average Bonchev–Trinajstić information content (AvgIpc) is 2.89. The minimum absolute atomic E-state index is 0.121. The number of nitrogens with two attached hydrogens (primary N) is 2. The fourth-order valence-corrected chi connectivity index (χ4v) is 3.03. The first-order chi connectivity index (χ1) is 18.4. The molecule has 3 atom stereocenters. The lowest BCUT2D eigenvalue weighted by Gasteiger charge is -2.20. The van der Waals surface area contributed by atoms with Gasteiger partial charge < -0.3 is 53.6 Å². The second-order valence-electron chi connectivity index (χ2n) is 8.46. The summed E-state index contributed by atoms with van der Waals surface area (Å²) in [6, 6.07) is -3.49. The van der Waals surface area contributed by atoms with E-state index in [9.17, 15) is 33.9 Å². The number of aliphatic imine (C=N–C) groups is 1. The molecule has 17 nitrogen and oxygen atoms in total. The predicted molar refractivity (Wildman–Crippen MR) is 140 cm³/mol. The van der Waals surface area contributed by atoms with E-state index in [4.69, 9.17) is 16.6 Å². The Kier molecular flexibility index (Phi) is 18.0. The molecule has 0 radical (unpaired) electrons. The van der Waals surface area contributed by atoms with Gasteiger partial charge in [0.05, 0.1) is 19.7 Å². The van der Waals surface area contributed by atoms with E-state index in [0.717, 1.165) is 0 Å². The lowest BCUT2D eigenvalue weighted by molar-refractivity contribution is -0.142. The molecule has 0 aromatic rings. The highest BCUT2D eigenvalue weighted by Crippen LogP contribution is 2.02. The minimum atomic E-state index is -1.25. The van der Waals surface area contributed by atoms with Crippen molar-refractivity contribution in [2.75, 3.05) is 39.8 Å². The molecular weight excluding hydrogens is 518 g/mol. The molecule has 0 bridgehead atoms. The molecule has 0 fully saturated rings. The van der Waals surface area contributed by atoms with E-state index >= 15 is 0 Å². The van der Waals surface area contributed by atoms with Gasteiger partial charge in [-0.1, -0.05) is 0 Å². The van der Waals surface area contributed by atoms with E-state index in [1.165, 1.54) is 14.0 Å². The highest BCUT2D eigenvalue weighted by atomic mass is 16.4. The maximum Gasteiger partial charge on any atom is 0.326 e. The smallest absolute Gasteiger partial charge is 0.326 e. The molecule has 0 aromatic heterocycles. The number of aliphatic carboxylic acids is 1. The molecule has 0 aromatic carbocycles. The fraction of sp³-hybridized carbons (Fsp3) is 0.682. The monoisotopic (exact) mass is 559 g/mol. The third-order valence-corrected chi connectivity index (χ3v) is 5.17. The van der Waals surface area contributed by atoms with Crippen LogP contribution in [-0.2, 0) is 28.8 Å². The Morgan fingerprint density at radius 2 is 1.33 bits per heavy atom. The molecule has 0 aliphatic rings. The van der Waals surface area contributed by atoms with Crippen LogP contribution in [0.3, 0.4) is 0 Å². The zero-order chi connectivity index (χ0) is 29.8. The Hall–Kier alpha value is -3.99. The van der Waals surface area contributed by atoms with Crippen LogP contribution in [-0.4, -0.2) is 110 Å². The van der Waals surface area contributed by atoms with Gasteiger partial charge in [0.15, 0.2) is 5.96 Å². The first-order valence-corrected chi connectivity index (χ1v) is 12.3. The number of guanidine groups is 1. The number of unbranched alkanes of at least 4 members (excludes halogenated alkanes) is 1. The van der Waals surface area contributed by atoms with Crippen molar-refractivity contribution in [3.8, 4) is 0 Å². The third-order valence-electron chi connectivity index (χ3n) is 5.17. The van der Waals surface area contributed by atoms with Crippen molar-refractivity contribution in [2.45, 2.75) is 57.2 Å². The van der Waals surface area contributed by atoms with Crippen molar-refractivity contribution in [1.29, 1.82) is 0 Å². The maximum atomic E-state index is 12.7. The number of amides is 5. The predicted octanol–water partition coefficient (Wildman–Crippen LogP) is -4.79. The van der Waals surface area contributed by atoms with Crippen molar-refractivity contribution >= 4 is 41.5 Å². The van der Waals surface area contributed by atoms with Crippen LogP contribution in [0.4, 0.5) is 0 Å². The minimum Gasteiger partial charge on any atom is -0.480 e. The number of hydrogen-bond donors (Lipinski definition) is 10. The molecule has 17 heteroatoms. The first kappa shape index (κ1) is 35.0. The van der Waals surface area contributed by atoms with E-state index < -0.39 is 67.4 Å². The Bertz CT molecular complexity index is 868. The summed E-state index contributed by atoms with van der Waals surface area (Å²) in [6.45, 7) is 0.407. The van der Waals surface area contributed by atoms with Gasteiger partial charge in [0, 0.05) is 27.1 Å². The van der Waals surface area contributed by atoms with Gasteiger partial charge in [0.1, 0.15) is 18.1 Å². The normalized spacial score (nSPS) is 13.3. The number of carboxylic acids is 1. The van der Waals surface area contributed by atoms with Gasteiger partial charge in [-0.2, -0.15) is 0 Å². The van der Waals surface area contributed by atoms with E-state index in [2.05, 4.69) is 36.9 Å². The molecule has 0 unspecified atom stereocenters. The summed E-state index contributed by atoms with van der Waals surface area (Å²) < 4.78 is 0. The highest BCUT2D eigenvalue weighted by Gasteiger charge is 2.24. The van der Waals surface area contributed by atoms with Crippen molar-refractivity contribution in [3.05, 3.63) is 0 Å². The summed E-state index contributed by atoms with van der Waals surface area (Å²) in [7, 11) is 1.49. The standard InChI is InChI=1S/C22H41N9O8/c1-13(33)26-8-4-3-6-16(21(38)39)31-18(35)11-29-20(37)15(7-5-9-27-22(24)25-2)30-17(34)10-28-19(36)14(23)12-32/h14-16,32H,3-12,23H2,1-2H3,(H,26,33)(H,28,36)(H,29,37)(H,30,34)(H,31,35)(H,38,39)(H3,24,25,27)/t14-,15-,16-/m0/s1. The molecule has 0 aliphatic carbocycles. The number of carbonyl (C=O) groups excluding carboxylic acids is 5. The summed E-state index contributed by atoms with van der Waals surface area (Å²) in [6.07, 6.45) is 1.56. The van der Waals surface area contributed by atoms with E-state index in [-0.39, 0.29) is 24.7 Å². The van der Waals surface area contributed by atoms with Gasteiger partial charge >= 0.3 is 5.97 Å². The van der Waals surface area contributed by atoms with Crippen LogP contribution < -0.4 is 43.4 Å². The Labute approximate surface area is 226 Å². The van der Waals surface area contributed by atoms with Gasteiger partial charge in [0.2, 0.25) is 29.5 Å². The number of aliphatic hydroxyl groups is 1. The number of aliphatic hydroxyl groups excluding tert-OH is 1. The molecule has 0 rings (SSSR count). The zero-order valence-corrected chi connectivity index (χ0v) is 22.2. The summed E-state index contributed by atoms with van der Waals surface area (Å²) in [4.78, 5) is 75.0. The molecule has 222 valence electrons. The van der Waals surface area contributed by atoms with Gasteiger partial charge in [0.25, 0.3) is 0 Å². The van der Waals surface area contributed by atoms with Crippen LogP contribution >= 0.6 is 0 Å². The second-order valence-corrected chi connectivity index (χ2v) is 8.46. The van der Waals surface area contributed by atoms with Gasteiger partial charge in [-0.25, -0.2) is 4.79 Å². The maximum absolute atomic E-state index is 12.7. The third kappa shape index (κ3) is 17.2. The number of carbonyl (C=O) groups is 6. The van der Waals surface area contributed by atoms with Crippen molar-refractivity contribution in [1.82, 2.24) is 31.9 Å². The average molecular weight is 560 g/mol. The van der Waals surface area contributed by atoms with Crippen LogP contribution in [0.1, 0.15) is 39.0 Å². The summed E-state index contributed by atoms with van der Waals surface area (Å²) in [5, 5.41) is 33.0. The molecule has 0 heterocycles. The van der Waals surface area contributed by atoms with Crippen LogP contribution in [0.25, 0.3) is 0 Å². The molecule has 0 saturated heterocycles. The summed E-state index contributed by atoms with van der Waals surface area (Å²) in [5.41, 5.74) is 10.9. The molecule has 12 N–H and O–H groups in total. The van der Waals surface area contributed by atoms with E-state index in [1.54, 1.807) is 0 Å². The lowest BCUT2D eigenvalue weighted by Crippen LogP contribution is -2.53. The fourth-order valence-electron chi connectivity index (χ4n) is 3.03. The number of rotatable bonds is 19. The van der Waals surface area contributed by atoms with Crippen LogP contribution in [0.2, 0.25) is 0 Å². The molecular formula is C22H41N9O8. The molecule has 0 saturated carbocycles. The van der Waals surface area contributed by atoms with Gasteiger partial charge in [-0.05, 0) is 32.1 Å². The van der Waals surface area contributed by atoms with Crippen molar-refractivity contribution in [2.24, 2.45) is 16.5 Å². The molecule has 0 aliphatic heterocycles. The van der Waals surface area contributed by atoms with Crippen molar-refractivity contribution < 1.29 is 39.0 Å². The lowest BCUT2D eigenvalue weighted by atomic mass is 10.1. The topological polar surface area (TPSA) is 279 Å². The molecule has 5 amide bonds. The highest BCUT2D eigenvalue weighted by molar-refractivity contribution is 5.93. The Morgan fingerprint density at radius 1 is 0.795 bits per heavy atom. The SMILES string of the molecule is CN=C(N)NCCC[C@H](NC(=O)CNC(=O)[C@@H](N)CO)C(=O)NCC(=O)N[C@@H](CCCCNC(C)=O)C(=O)O. The Balaban J connectivity index is 4.92. The summed E-state index contributed by atoms with van der Waals surface area (Å²) in [5.74, 6) is -4.20.